The second-order valence-corrected chi connectivity index (χ2v) is 8.08. The van der Waals surface area contributed by atoms with E-state index in [2.05, 4.69) is 11.1 Å². The van der Waals surface area contributed by atoms with Crippen LogP contribution >= 0.6 is 0 Å². The first-order chi connectivity index (χ1) is 15.4. The van der Waals surface area contributed by atoms with Gasteiger partial charge in [-0.2, -0.15) is 5.26 Å². The molecule has 0 bridgehead atoms. The van der Waals surface area contributed by atoms with Crippen molar-refractivity contribution in [1.29, 1.82) is 5.26 Å². The van der Waals surface area contributed by atoms with Gasteiger partial charge in [-0.25, -0.2) is 8.78 Å². The van der Waals surface area contributed by atoms with E-state index >= 15 is 0 Å². The van der Waals surface area contributed by atoms with Crippen molar-refractivity contribution in [2.45, 2.75) is 25.2 Å². The highest BCUT2D eigenvalue weighted by atomic mass is 19.1. The van der Waals surface area contributed by atoms with Gasteiger partial charge in [0, 0.05) is 17.0 Å². The van der Waals surface area contributed by atoms with Gasteiger partial charge in [0.25, 0.3) is 0 Å². The number of hydrogen-bond donors (Lipinski definition) is 0. The molecule has 3 nitrogen and oxygen atoms in total. The monoisotopic (exact) mass is 425 g/mol. The van der Waals surface area contributed by atoms with E-state index in [1.54, 1.807) is 12.1 Å². The molecule has 0 saturated carbocycles. The van der Waals surface area contributed by atoms with Crippen LogP contribution in [0.3, 0.4) is 0 Å². The standard InChI is InChI=1S/C27H21F2N3/c1-27(2,25-12-6-10-23(31-25)20-15-14-19(28)16-22(20)29)26-13-7-11-24(32-26)21(17-30)18-8-4-3-5-9-18/h3-16,21H,1-2H3. The molecule has 0 aliphatic carbocycles. The lowest BCUT2D eigenvalue weighted by Gasteiger charge is -2.25. The van der Waals surface area contributed by atoms with Crippen molar-refractivity contribution >= 4 is 0 Å². The molecule has 0 radical (unpaired) electrons. The van der Waals surface area contributed by atoms with Gasteiger partial charge in [0.2, 0.25) is 0 Å². The molecular formula is C27H21F2N3. The lowest BCUT2D eigenvalue weighted by molar-refractivity contribution is 0.582. The first kappa shape index (κ1) is 21.3. The third kappa shape index (κ3) is 4.13. The van der Waals surface area contributed by atoms with E-state index in [0.29, 0.717) is 17.1 Å². The van der Waals surface area contributed by atoms with Crippen LogP contribution in [0.1, 0.15) is 42.4 Å². The van der Waals surface area contributed by atoms with E-state index in [1.807, 2.05) is 68.4 Å². The summed E-state index contributed by atoms with van der Waals surface area (Å²) in [4.78, 5) is 9.48. The van der Waals surface area contributed by atoms with Crippen molar-refractivity contribution in [3.63, 3.8) is 0 Å². The molecule has 0 amide bonds. The highest BCUT2D eigenvalue weighted by Gasteiger charge is 2.28. The molecule has 0 N–H and O–H groups in total. The number of pyridine rings is 2. The quantitative estimate of drug-likeness (QED) is 0.372. The molecule has 4 rings (SSSR count). The van der Waals surface area contributed by atoms with E-state index < -0.39 is 23.0 Å². The molecule has 0 fully saturated rings. The largest absolute Gasteiger partial charge is 0.255 e. The summed E-state index contributed by atoms with van der Waals surface area (Å²) in [6.45, 7) is 3.96. The minimum absolute atomic E-state index is 0.236. The Labute approximate surface area is 186 Å². The van der Waals surface area contributed by atoms with E-state index in [0.717, 1.165) is 17.3 Å². The molecule has 0 aliphatic rings. The summed E-state index contributed by atoms with van der Waals surface area (Å²) < 4.78 is 27.6. The van der Waals surface area contributed by atoms with Crippen molar-refractivity contribution in [2.75, 3.05) is 0 Å². The lowest BCUT2D eigenvalue weighted by Crippen LogP contribution is -2.23. The summed E-state index contributed by atoms with van der Waals surface area (Å²) in [5.74, 6) is -1.78. The van der Waals surface area contributed by atoms with Gasteiger partial charge >= 0.3 is 0 Å². The fourth-order valence-electron chi connectivity index (χ4n) is 3.68. The highest BCUT2D eigenvalue weighted by molar-refractivity contribution is 5.60. The predicted molar refractivity (Wildman–Crippen MR) is 120 cm³/mol. The van der Waals surface area contributed by atoms with E-state index in [1.165, 1.54) is 12.1 Å². The maximum atomic E-state index is 14.3. The minimum Gasteiger partial charge on any atom is -0.255 e. The van der Waals surface area contributed by atoms with E-state index in [-0.39, 0.29) is 5.56 Å². The average Bonchev–Trinajstić information content (AvgIpc) is 2.81. The number of nitriles is 1. The van der Waals surface area contributed by atoms with Crippen LogP contribution < -0.4 is 0 Å². The topological polar surface area (TPSA) is 49.6 Å². The number of rotatable bonds is 5. The molecule has 0 aliphatic heterocycles. The van der Waals surface area contributed by atoms with Gasteiger partial charge in [-0.15, -0.1) is 0 Å². The summed E-state index contributed by atoms with van der Waals surface area (Å²) in [5, 5.41) is 9.79. The third-order valence-electron chi connectivity index (χ3n) is 5.57. The molecule has 4 aromatic rings. The lowest BCUT2D eigenvalue weighted by atomic mass is 9.83. The maximum absolute atomic E-state index is 14.3. The molecule has 158 valence electrons. The van der Waals surface area contributed by atoms with Gasteiger partial charge in [0.1, 0.15) is 17.6 Å². The SMILES string of the molecule is CC(C)(c1cccc(-c2ccc(F)cc2F)n1)c1cccc(C(C#N)c2ccccc2)n1. The molecule has 2 heterocycles. The summed E-state index contributed by atoms with van der Waals surface area (Å²) in [6.07, 6.45) is 0. The molecule has 0 saturated heterocycles. The second kappa shape index (κ2) is 8.68. The van der Waals surface area contributed by atoms with Crippen LogP contribution in [0, 0.1) is 23.0 Å². The van der Waals surface area contributed by atoms with Crippen molar-refractivity contribution in [3.05, 3.63) is 119 Å². The van der Waals surface area contributed by atoms with Crippen LogP contribution in [0.4, 0.5) is 8.78 Å². The third-order valence-corrected chi connectivity index (χ3v) is 5.57. The van der Waals surface area contributed by atoms with Crippen LogP contribution in [0.25, 0.3) is 11.3 Å². The predicted octanol–water partition coefficient (Wildman–Crippen LogP) is 6.40. The Bertz CT molecular complexity index is 1290. The van der Waals surface area contributed by atoms with Crippen LogP contribution in [0.2, 0.25) is 0 Å². The van der Waals surface area contributed by atoms with Crippen molar-refractivity contribution in [1.82, 2.24) is 9.97 Å². The van der Waals surface area contributed by atoms with E-state index in [4.69, 9.17) is 4.98 Å². The fourth-order valence-corrected chi connectivity index (χ4v) is 3.68. The molecule has 1 unspecified atom stereocenters. The zero-order chi connectivity index (χ0) is 22.7. The zero-order valence-electron chi connectivity index (χ0n) is 17.8. The summed E-state index contributed by atoms with van der Waals surface area (Å²) in [6, 6.07) is 26.3. The Morgan fingerprint density at radius 3 is 2.19 bits per heavy atom. The zero-order valence-corrected chi connectivity index (χ0v) is 17.8. The smallest absolute Gasteiger partial charge is 0.135 e. The summed E-state index contributed by atoms with van der Waals surface area (Å²) >= 11 is 0. The summed E-state index contributed by atoms with van der Waals surface area (Å²) in [5.41, 5.74) is 3.02. The molecule has 2 aromatic heterocycles. The van der Waals surface area contributed by atoms with Crippen LogP contribution in [-0.2, 0) is 5.41 Å². The van der Waals surface area contributed by atoms with Crippen LogP contribution in [-0.4, -0.2) is 9.97 Å². The molecular weight excluding hydrogens is 404 g/mol. The molecule has 2 aromatic carbocycles. The first-order valence-electron chi connectivity index (χ1n) is 10.2. The van der Waals surface area contributed by atoms with Crippen molar-refractivity contribution in [2.24, 2.45) is 0 Å². The van der Waals surface area contributed by atoms with E-state index in [9.17, 15) is 14.0 Å². The highest BCUT2D eigenvalue weighted by Crippen LogP contribution is 2.32. The molecule has 5 heteroatoms. The minimum atomic E-state index is -0.660. The van der Waals surface area contributed by atoms with Gasteiger partial charge in [-0.1, -0.05) is 42.5 Å². The Morgan fingerprint density at radius 2 is 1.50 bits per heavy atom. The van der Waals surface area contributed by atoms with Crippen molar-refractivity contribution < 1.29 is 8.78 Å². The summed E-state index contributed by atoms with van der Waals surface area (Å²) in [7, 11) is 0. The maximum Gasteiger partial charge on any atom is 0.135 e. The molecule has 0 spiro atoms. The van der Waals surface area contributed by atoms with Gasteiger partial charge in [0.15, 0.2) is 0 Å². The first-order valence-corrected chi connectivity index (χ1v) is 10.2. The van der Waals surface area contributed by atoms with Gasteiger partial charge < -0.3 is 0 Å². The van der Waals surface area contributed by atoms with Crippen molar-refractivity contribution in [3.8, 4) is 17.3 Å². The van der Waals surface area contributed by atoms with Gasteiger partial charge in [-0.05, 0) is 55.8 Å². The number of halogens is 2. The second-order valence-electron chi connectivity index (χ2n) is 8.08. The number of benzene rings is 2. The average molecular weight is 425 g/mol. The molecule has 32 heavy (non-hydrogen) atoms. The Balaban J connectivity index is 1.73. The van der Waals surface area contributed by atoms with Crippen LogP contribution in [0.5, 0.6) is 0 Å². The number of nitrogens with zero attached hydrogens (tertiary/aromatic N) is 3. The Morgan fingerprint density at radius 1 is 0.812 bits per heavy atom. The van der Waals surface area contributed by atoms with Gasteiger partial charge in [-0.3, -0.25) is 9.97 Å². The van der Waals surface area contributed by atoms with Crippen LogP contribution in [0.15, 0.2) is 84.9 Å². The Kier molecular flexibility index (Phi) is 5.79. The molecule has 1 atom stereocenters. The number of hydrogen-bond acceptors (Lipinski definition) is 3. The Hall–Kier alpha value is -3.91. The number of aromatic nitrogens is 2. The fraction of sp³-hybridized carbons (Fsp3) is 0.148. The van der Waals surface area contributed by atoms with Gasteiger partial charge in [0.05, 0.1) is 28.8 Å². The normalized spacial score (nSPS) is 12.2.